The zero-order chi connectivity index (χ0) is 29.5. The summed E-state index contributed by atoms with van der Waals surface area (Å²) >= 11 is 0. The number of nitrogens with two attached hydrogens (primary N) is 1. The van der Waals surface area contributed by atoms with Gasteiger partial charge in [-0.3, -0.25) is 14.5 Å². The number of pyridine rings is 1. The van der Waals surface area contributed by atoms with E-state index in [4.69, 9.17) is 24.7 Å². The molecule has 3 N–H and O–H groups in total. The Kier molecular flexibility index (Phi) is 9.09. The number of rotatable bonds is 12. The highest BCUT2D eigenvalue weighted by molar-refractivity contribution is 7.92. The van der Waals surface area contributed by atoms with Gasteiger partial charge in [-0.25, -0.2) is 8.42 Å². The third-order valence-electron chi connectivity index (χ3n) is 6.97. The van der Waals surface area contributed by atoms with Gasteiger partial charge in [0.25, 0.3) is 10.0 Å². The summed E-state index contributed by atoms with van der Waals surface area (Å²) in [6, 6.07) is 19.2. The summed E-state index contributed by atoms with van der Waals surface area (Å²) in [6.45, 7) is 0.175. The van der Waals surface area contributed by atoms with E-state index < -0.39 is 22.0 Å². The summed E-state index contributed by atoms with van der Waals surface area (Å²) in [6.07, 6.45) is 5.73. The van der Waals surface area contributed by atoms with E-state index >= 15 is 0 Å². The van der Waals surface area contributed by atoms with E-state index in [1.807, 2.05) is 0 Å². The Morgan fingerprint density at radius 1 is 0.976 bits per heavy atom. The second kappa shape index (κ2) is 13.1. The monoisotopic (exact) mass is 591 g/mol. The van der Waals surface area contributed by atoms with Gasteiger partial charge < -0.3 is 24.7 Å². The van der Waals surface area contributed by atoms with Gasteiger partial charge in [-0.1, -0.05) is 30.3 Å². The van der Waals surface area contributed by atoms with Crippen LogP contribution in [0.5, 0.6) is 23.0 Å². The number of hydrogen-bond acceptors (Lipinski definition) is 9. The molecule has 42 heavy (non-hydrogen) atoms. The minimum absolute atomic E-state index is 0.0384. The molecule has 1 aromatic heterocycles. The number of para-hydroxylation sites is 2. The number of sulfonamides is 1. The molecular formula is C31H33N3O7S. The quantitative estimate of drug-likeness (QED) is 0.207. The van der Waals surface area contributed by atoms with Crippen LogP contribution in [-0.4, -0.2) is 45.2 Å². The first-order valence-electron chi connectivity index (χ1n) is 13.7. The Morgan fingerprint density at radius 3 is 2.48 bits per heavy atom. The molecule has 0 bridgehead atoms. The summed E-state index contributed by atoms with van der Waals surface area (Å²) in [4.78, 5) is 16.9. The van der Waals surface area contributed by atoms with Gasteiger partial charge in [0, 0.05) is 24.1 Å². The maximum absolute atomic E-state index is 12.9. The van der Waals surface area contributed by atoms with Gasteiger partial charge in [0.05, 0.1) is 29.8 Å². The van der Waals surface area contributed by atoms with Gasteiger partial charge in [-0.05, 0) is 62.1 Å². The Hall–Kier alpha value is -4.35. The summed E-state index contributed by atoms with van der Waals surface area (Å²) < 4.78 is 51.7. The number of anilines is 1. The second-order valence-corrected chi connectivity index (χ2v) is 11.6. The van der Waals surface area contributed by atoms with Crippen LogP contribution < -0.4 is 24.7 Å². The minimum Gasteiger partial charge on any atom is -0.493 e. The lowest BCUT2D eigenvalue weighted by Crippen LogP contribution is -2.35. The van der Waals surface area contributed by atoms with Crippen molar-refractivity contribution >= 4 is 32.6 Å². The number of nitrogens with zero attached hydrogens (tertiary/aromatic N) is 1. The van der Waals surface area contributed by atoms with E-state index in [2.05, 4.69) is 9.71 Å². The molecule has 0 radical (unpaired) electrons. The number of ether oxygens (including phenoxy) is 4. The smallest absolute Gasteiger partial charge is 0.323 e. The molecule has 0 saturated heterocycles. The molecule has 4 aromatic rings. The molecule has 220 valence electrons. The first kappa shape index (κ1) is 29.2. The molecule has 11 heteroatoms. The molecule has 1 aliphatic carbocycles. The van der Waals surface area contributed by atoms with Crippen LogP contribution in [0.2, 0.25) is 0 Å². The SMILES string of the molecule is COc1cc2c(Oc3ccccc3NS(=O)(=O)c3ccccc3)ccnc2cc1OCCC(N)C(=O)OC1CCCC1. The third-order valence-corrected chi connectivity index (χ3v) is 8.35. The number of aromatic nitrogens is 1. The van der Waals surface area contributed by atoms with E-state index in [0.29, 0.717) is 33.9 Å². The van der Waals surface area contributed by atoms with Crippen molar-refractivity contribution in [1.82, 2.24) is 4.98 Å². The highest BCUT2D eigenvalue weighted by atomic mass is 32.2. The number of benzene rings is 3. The van der Waals surface area contributed by atoms with Crippen LogP contribution in [0.3, 0.4) is 0 Å². The lowest BCUT2D eigenvalue weighted by atomic mass is 10.1. The van der Waals surface area contributed by atoms with Gasteiger partial charge in [-0.15, -0.1) is 0 Å². The molecule has 0 amide bonds. The normalized spacial score (nSPS) is 14.3. The predicted molar refractivity (Wildman–Crippen MR) is 158 cm³/mol. The van der Waals surface area contributed by atoms with Crippen LogP contribution in [-0.2, 0) is 19.6 Å². The lowest BCUT2D eigenvalue weighted by molar-refractivity contribution is -0.150. The fraction of sp³-hybridized carbons (Fsp3) is 0.290. The Balaban J connectivity index is 1.31. The standard InChI is InChI=1S/C31H33N3O7S/c1-38-29-19-23-26(20-30(29)39-18-16-24(32)31(35)40-21-9-5-6-10-21)33-17-15-27(23)41-28-14-8-7-13-25(28)34-42(36,37)22-11-3-2-4-12-22/h2-4,7-8,11-15,17,19-21,24,34H,5-6,9-10,16,18,32H2,1H3. The first-order valence-corrected chi connectivity index (χ1v) is 15.2. The maximum Gasteiger partial charge on any atom is 0.323 e. The minimum atomic E-state index is -3.83. The molecule has 10 nitrogen and oxygen atoms in total. The summed E-state index contributed by atoms with van der Waals surface area (Å²) in [5.41, 5.74) is 6.88. The van der Waals surface area contributed by atoms with Crippen molar-refractivity contribution in [3.05, 3.63) is 79.0 Å². The van der Waals surface area contributed by atoms with Crippen LogP contribution in [0.25, 0.3) is 10.9 Å². The molecule has 1 unspecified atom stereocenters. The number of nitrogens with one attached hydrogen (secondary N) is 1. The van der Waals surface area contributed by atoms with E-state index in [9.17, 15) is 13.2 Å². The van der Waals surface area contributed by atoms with Crippen LogP contribution >= 0.6 is 0 Å². The average molecular weight is 592 g/mol. The number of methoxy groups -OCH3 is 1. The van der Waals surface area contributed by atoms with Crippen molar-refractivity contribution in [3.63, 3.8) is 0 Å². The Labute approximate surface area is 244 Å². The number of carbonyl (C=O) groups excluding carboxylic acids is 1. The van der Waals surface area contributed by atoms with E-state index in [1.54, 1.807) is 66.9 Å². The molecule has 3 aromatic carbocycles. The molecule has 5 rings (SSSR count). The highest BCUT2D eigenvalue weighted by Gasteiger charge is 2.23. The van der Waals surface area contributed by atoms with Crippen molar-refractivity contribution in [2.24, 2.45) is 5.73 Å². The molecule has 1 atom stereocenters. The summed E-state index contributed by atoms with van der Waals surface area (Å²) in [7, 11) is -2.31. The van der Waals surface area contributed by atoms with Crippen LogP contribution in [0.1, 0.15) is 32.1 Å². The summed E-state index contributed by atoms with van der Waals surface area (Å²) in [5, 5.41) is 0.624. The average Bonchev–Trinajstić information content (AvgIpc) is 3.51. The van der Waals surface area contributed by atoms with Crippen molar-refractivity contribution < 1.29 is 32.2 Å². The number of hydrogen-bond donors (Lipinski definition) is 2. The van der Waals surface area contributed by atoms with Gasteiger partial charge >= 0.3 is 5.97 Å². The lowest BCUT2D eigenvalue weighted by Gasteiger charge is -2.17. The number of carbonyl (C=O) groups is 1. The zero-order valence-corrected chi connectivity index (χ0v) is 24.0. The van der Waals surface area contributed by atoms with Crippen molar-refractivity contribution in [2.75, 3.05) is 18.4 Å². The molecule has 1 heterocycles. The van der Waals surface area contributed by atoms with Gasteiger partial charge in [0.2, 0.25) is 0 Å². The molecule has 1 saturated carbocycles. The topological polar surface area (TPSA) is 139 Å². The van der Waals surface area contributed by atoms with Crippen molar-refractivity contribution in [1.29, 1.82) is 0 Å². The second-order valence-electron chi connectivity index (χ2n) is 9.93. The largest absolute Gasteiger partial charge is 0.493 e. The fourth-order valence-electron chi connectivity index (χ4n) is 4.72. The zero-order valence-electron chi connectivity index (χ0n) is 23.2. The van der Waals surface area contributed by atoms with Crippen molar-refractivity contribution in [3.8, 4) is 23.0 Å². The van der Waals surface area contributed by atoms with Gasteiger partial charge in [0.1, 0.15) is 17.9 Å². The Morgan fingerprint density at radius 2 is 1.71 bits per heavy atom. The van der Waals surface area contributed by atoms with Gasteiger partial charge in [-0.2, -0.15) is 0 Å². The number of esters is 1. The molecule has 1 aliphatic rings. The molecular weight excluding hydrogens is 558 g/mol. The van der Waals surface area contributed by atoms with E-state index in [1.165, 1.54) is 19.2 Å². The molecule has 0 aliphatic heterocycles. The maximum atomic E-state index is 12.9. The summed E-state index contributed by atoms with van der Waals surface area (Å²) in [5.74, 6) is 1.20. The predicted octanol–water partition coefficient (Wildman–Crippen LogP) is 5.42. The third kappa shape index (κ3) is 6.92. The van der Waals surface area contributed by atoms with E-state index in [0.717, 1.165) is 25.7 Å². The van der Waals surface area contributed by atoms with E-state index in [-0.39, 0.29) is 29.7 Å². The Bertz CT molecular complexity index is 1640. The van der Waals surface area contributed by atoms with Crippen LogP contribution in [0.15, 0.2) is 83.9 Å². The van der Waals surface area contributed by atoms with Crippen molar-refractivity contribution in [2.45, 2.75) is 49.1 Å². The van der Waals surface area contributed by atoms with Crippen LogP contribution in [0.4, 0.5) is 5.69 Å². The molecule has 0 spiro atoms. The number of fused-ring (bicyclic) bond motifs is 1. The van der Waals surface area contributed by atoms with Crippen LogP contribution in [0, 0.1) is 0 Å². The molecule has 1 fully saturated rings. The first-order chi connectivity index (χ1) is 20.3. The fourth-order valence-corrected chi connectivity index (χ4v) is 5.81. The van der Waals surface area contributed by atoms with Gasteiger partial charge in [0.15, 0.2) is 17.2 Å². The highest BCUT2D eigenvalue weighted by Crippen LogP contribution is 2.39.